The van der Waals surface area contributed by atoms with Crippen molar-refractivity contribution in [2.75, 3.05) is 0 Å². The molecule has 1 unspecified atom stereocenters. The van der Waals surface area contributed by atoms with Crippen molar-refractivity contribution in [2.24, 2.45) is 0 Å². The highest BCUT2D eigenvalue weighted by molar-refractivity contribution is 6.31. The van der Waals surface area contributed by atoms with E-state index in [-0.39, 0.29) is 5.02 Å². The lowest BCUT2D eigenvalue weighted by Gasteiger charge is -2.07. The van der Waals surface area contributed by atoms with Crippen LogP contribution in [0.15, 0.2) is 18.3 Å². The Balaban J connectivity index is 2.64. The fourth-order valence-corrected chi connectivity index (χ4v) is 2.06. The van der Waals surface area contributed by atoms with E-state index in [1.165, 1.54) is 6.07 Å². The summed E-state index contributed by atoms with van der Waals surface area (Å²) in [5.74, 6) is -0.410. The minimum absolute atomic E-state index is 0.109. The van der Waals surface area contributed by atoms with Gasteiger partial charge < -0.3 is 9.67 Å². The molecule has 1 heterocycles. The van der Waals surface area contributed by atoms with Crippen LogP contribution in [-0.2, 0) is 6.54 Å². The summed E-state index contributed by atoms with van der Waals surface area (Å²) in [5, 5.41) is 10.3. The molecule has 2 aromatic rings. The molecule has 86 valence electrons. The van der Waals surface area contributed by atoms with Gasteiger partial charge in [-0.25, -0.2) is 4.39 Å². The van der Waals surface area contributed by atoms with Crippen LogP contribution >= 0.6 is 11.6 Å². The molecule has 0 radical (unpaired) electrons. The molecule has 2 rings (SSSR count). The van der Waals surface area contributed by atoms with E-state index in [0.29, 0.717) is 6.54 Å². The van der Waals surface area contributed by atoms with Gasteiger partial charge in [-0.3, -0.25) is 0 Å². The minimum atomic E-state index is -0.446. The van der Waals surface area contributed by atoms with Crippen LogP contribution in [0.2, 0.25) is 5.02 Å². The lowest BCUT2D eigenvalue weighted by Crippen LogP contribution is -2.10. The van der Waals surface area contributed by atoms with Crippen molar-refractivity contribution >= 4 is 22.5 Å². The summed E-state index contributed by atoms with van der Waals surface area (Å²) in [6.07, 6.45) is 1.45. The number of rotatable bonds is 2. The fourth-order valence-electron chi connectivity index (χ4n) is 1.90. The van der Waals surface area contributed by atoms with Crippen LogP contribution in [0.4, 0.5) is 4.39 Å². The fraction of sp³-hybridized carbons (Fsp3) is 0.333. The number of aliphatic hydroxyl groups is 1. The van der Waals surface area contributed by atoms with Crippen molar-refractivity contribution < 1.29 is 9.50 Å². The van der Waals surface area contributed by atoms with Gasteiger partial charge in [-0.1, -0.05) is 11.6 Å². The molecule has 1 aromatic heterocycles. The zero-order valence-electron chi connectivity index (χ0n) is 9.17. The molecule has 0 spiro atoms. The van der Waals surface area contributed by atoms with Crippen molar-refractivity contribution in [3.8, 4) is 0 Å². The Morgan fingerprint density at radius 2 is 2.19 bits per heavy atom. The second-order valence-electron chi connectivity index (χ2n) is 4.10. The van der Waals surface area contributed by atoms with E-state index in [2.05, 4.69) is 0 Å². The molecule has 16 heavy (non-hydrogen) atoms. The molecule has 0 aliphatic heterocycles. The van der Waals surface area contributed by atoms with E-state index in [4.69, 9.17) is 11.6 Å². The number of hydrogen-bond donors (Lipinski definition) is 1. The minimum Gasteiger partial charge on any atom is -0.392 e. The molecule has 0 saturated carbocycles. The summed E-state index contributed by atoms with van der Waals surface area (Å²) in [4.78, 5) is 0. The first-order valence-corrected chi connectivity index (χ1v) is 5.49. The largest absolute Gasteiger partial charge is 0.392 e. The summed E-state index contributed by atoms with van der Waals surface area (Å²) in [6.45, 7) is 4.10. The number of nitrogens with zero attached hydrogens (tertiary/aromatic N) is 1. The van der Waals surface area contributed by atoms with Gasteiger partial charge in [-0.05, 0) is 31.5 Å². The molecule has 1 N–H and O–H groups in total. The van der Waals surface area contributed by atoms with Gasteiger partial charge >= 0.3 is 0 Å². The summed E-state index contributed by atoms with van der Waals surface area (Å²) < 4.78 is 15.2. The lowest BCUT2D eigenvalue weighted by molar-refractivity contribution is 0.175. The van der Waals surface area contributed by atoms with E-state index >= 15 is 0 Å². The molecule has 1 atom stereocenters. The number of aliphatic hydroxyl groups excluding tert-OH is 1. The van der Waals surface area contributed by atoms with Gasteiger partial charge in [0, 0.05) is 18.1 Å². The summed E-state index contributed by atoms with van der Waals surface area (Å²) in [7, 11) is 0. The quantitative estimate of drug-likeness (QED) is 0.859. The monoisotopic (exact) mass is 241 g/mol. The zero-order valence-corrected chi connectivity index (χ0v) is 9.92. The number of benzene rings is 1. The van der Waals surface area contributed by atoms with Crippen LogP contribution in [0.1, 0.15) is 12.5 Å². The maximum absolute atomic E-state index is 13.3. The smallest absolute Gasteiger partial charge is 0.142 e. The second kappa shape index (κ2) is 4.07. The van der Waals surface area contributed by atoms with Gasteiger partial charge in [-0.2, -0.15) is 0 Å². The van der Waals surface area contributed by atoms with Crippen LogP contribution in [-0.4, -0.2) is 15.8 Å². The van der Waals surface area contributed by atoms with E-state index in [9.17, 15) is 9.50 Å². The van der Waals surface area contributed by atoms with E-state index in [0.717, 1.165) is 16.5 Å². The normalized spacial score (nSPS) is 13.3. The molecule has 0 aliphatic rings. The van der Waals surface area contributed by atoms with Gasteiger partial charge in [0.1, 0.15) is 5.82 Å². The first-order chi connectivity index (χ1) is 7.49. The summed E-state index contributed by atoms with van der Waals surface area (Å²) in [6, 6.07) is 3.03. The van der Waals surface area contributed by atoms with Crippen LogP contribution in [0.25, 0.3) is 10.9 Å². The first-order valence-electron chi connectivity index (χ1n) is 5.11. The molecule has 0 bridgehead atoms. The van der Waals surface area contributed by atoms with Crippen LogP contribution < -0.4 is 0 Å². The maximum atomic E-state index is 13.3. The third kappa shape index (κ3) is 1.93. The molecule has 0 amide bonds. The van der Waals surface area contributed by atoms with E-state index in [1.807, 2.05) is 17.7 Å². The highest BCUT2D eigenvalue weighted by Crippen LogP contribution is 2.27. The molecule has 1 aromatic carbocycles. The Morgan fingerprint density at radius 3 is 2.81 bits per heavy atom. The van der Waals surface area contributed by atoms with E-state index in [1.54, 1.807) is 13.0 Å². The molecule has 4 heteroatoms. The molecule has 0 aliphatic carbocycles. The summed E-state index contributed by atoms with van der Waals surface area (Å²) >= 11 is 5.75. The van der Waals surface area contributed by atoms with Crippen LogP contribution in [0, 0.1) is 12.7 Å². The van der Waals surface area contributed by atoms with Gasteiger partial charge in [0.25, 0.3) is 0 Å². The molecular formula is C12H13ClFNO. The Labute approximate surface area is 98.3 Å². The Bertz CT molecular complexity index is 533. The zero-order chi connectivity index (χ0) is 11.9. The number of fused-ring (bicyclic) bond motifs is 1. The standard InChI is InChI=1S/C12H13ClFNO/c1-7-5-15(6-8(2)16)12-4-10(13)11(14)3-9(7)12/h3-5,8,16H,6H2,1-2H3. The average molecular weight is 242 g/mol. The van der Waals surface area contributed by atoms with Crippen molar-refractivity contribution in [3.63, 3.8) is 0 Å². The Kier molecular flexibility index (Phi) is 2.91. The van der Waals surface area contributed by atoms with Gasteiger partial charge in [0.2, 0.25) is 0 Å². The Morgan fingerprint density at radius 1 is 1.50 bits per heavy atom. The molecule has 0 fully saturated rings. The number of hydrogen-bond acceptors (Lipinski definition) is 1. The molecule has 0 saturated heterocycles. The highest BCUT2D eigenvalue weighted by atomic mass is 35.5. The third-order valence-corrected chi connectivity index (χ3v) is 2.87. The van der Waals surface area contributed by atoms with Crippen LogP contribution in [0.5, 0.6) is 0 Å². The van der Waals surface area contributed by atoms with E-state index < -0.39 is 11.9 Å². The van der Waals surface area contributed by atoms with Crippen molar-refractivity contribution in [1.82, 2.24) is 4.57 Å². The van der Waals surface area contributed by atoms with Crippen molar-refractivity contribution in [1.29, 1.82) is 0 Å². The van der Waals surface area contributed by atoms with Crippen molar-refractivity contribution in [3.05, 3.63) is 34.7 Å². The van der Waals surface area contributed by atoms with Crippen molar-refractivity contribution in [2.45, 2.75) is 26.5 Å². The first kappa shape index (κ1) is 11.4. The second-order valence-corrected chi connectivity index (χ2v) is 4.50. The predicted molar refractivity (Wildman–Crippen MR) is 63.3 cm³/mol. The lowest BCUT2D eigenvalue weighted by atomic mass is 10.2. The van der Waals surface area contributed by atoms with Crippen LogP contribution in [0.3, 0.4) is 0 Å². The third-order valence-electron chi connectivity index (χ3n) is 2.58. The Hall–Kier alpha value is -1.06. The van der Waals surface area contributed by atoms with Gasteiger partial charge in [0.05, 0.1) is 16.6 Å². The maximum Gasteiger partial charge on any atom is 0.142 e. The molecule has 2 nitrogen and oxygen atoms in total. The SMILES string of the molecule is Cc1cn(CC(C)O)c2cc(Cl)c(F)cc12. The topological polar surface area (TPSA) is 25.2 Å². The number of aryl methyl sites for hydroxylation is 1. The summed E-state index contributed by atoms with van der Waals surface area (Å²) in [5.41, 5.74) is 1.83. The van der Waals surface area contributed by atoms with Gasteiger partial charge in [0.15, 0.2) is 0 Å². The highest BCUT2D eigenvalue weighted by Gasteiger charge is 2.10. The predicted octanol–water partition coefficient (Wildman–Crippen LogP) is 3.12. The number of halogens is 2. The molecular weight excluding hydrogens is 229 g/mol. The average Bonchev–Trinajstić information content (AvgIpc) is 2.44. The van der Waals surface area contributed by atoms with Gasteiger partial charge in [-0.15, -0.1) is 0 Å². The number of aromatic nitrogens is 1.